The maximum atomic E-state index is 13.3. The van der Waals surface area contributed by atoms with E-state index in [-0.39, 0.29) is 15.9 Å². The predicted molar refractivity (Wildman–Crippen MR) is 73.4 cm³/mol. The molecule has 0 bridgehead atoms. The fourth-order valence-electron chi connectivity index (χ4n) is 1.90. The van der Waals surface area contributed by atoms with E-state index in [2.05, 4.69) is 0 Å². The molecule has 0 amide bonds. The van der Waals surface area contributed by atoms with Crippen molar-refractivity contribution >= 4 is 41.2 Å². The fraction of sp³-hybridized carbons (Fsp3) is 0.333. The molecule has 0 fully saturated rings. The van der Waals surface area contributed by atoms with E-state index in [4.69, 9.17) is 10.7 Å². The van der Waals surface area contributed by atoms with Gasteiger partial charge in [-0.2, -0.15) is 0 Å². The molecular formula is C12H12ClFO2S2. The Morgan fingerprint density at radius 3 is 2.61 bits per heavy atom. The Morgan fingerprint density at radius 2 is 2.06 bits per heavy atom. The first kappa shape index (κ1) is 13.8. The molecule has 0 aliphatic rings. The molecule has 0 N–H and O–H groups in total. The minimum atomic E-state index is -3.79. The smallest absolute Gasteiger partial charge is 0.207 e. The molecular weight excluding hydrogens is 295 g/mol. The average molecular weight is 307 g/mol. The Bertz CT molecular complexity index is 689. The van der Waals surface area contributed by atoms with Crippen LogP contribution in [0, 0.1) is 11.7 Å². The molecule has 6 heteroatoms. The van der Waals surface area contributed by atoms with Crippen molar-refractivity contribution in [3.8, 4) is 0 Å². The summed E-state index contributed by atoms with van der Waals surface area (Å²) < 4.78 is 37.3. The summed E-state index contributed by atoms with van der Waals surface area (Å²) in [6, 6.07) is 4.28. The van der Waals surface area contributed by atoms with Crippen molar-refractivity contribution in [2.24, 2.45) is 5.92 Å². The van der Waals surface area contributed by atoms with Gasteiger partial charge >= 0.3 is 0 Å². The molecule has 2 nitrogen and oxygen atoms in total. The number of rotatable bonds is 3. The Morgan fingerprint density at radius 1 is 1.39 bits per heavy atom. The van der Waals surface area contributed by atoms with Crippen LogP contribution in [0.25, 0.3) is 10.1 Å². The standard InChI is InChI=1S/C12H12ClFO2S2/c1-7(2)5-10-9-6-8(14)3-4-11(9)17-12(10)18(13,15)16/h3-4,6-7H,5H2,1-2H3. The summed E-state index contributed by atoms with van der Waals surface area (Å²) in [5.74, 6) is -0.105. The number of thiophene rings is 1. The van der Waals surface area contributed by atoms with Crippen molar-refractivity contribution < 1.29 is 12.8 Å². The molecule has 0 radical (unpaired) electrons. The number of hydrogen-bond acceptors (Lipinski definition) is 3. The second-order valence-electron chi connectivity index (χ2n) is 4.54. The molecule has 2 aromatic rings. The van der Waals surface area contributed by atoms with Gasteiger partial charge in [-0.1, -0.05) is 13.8 Å². The predicted octanol–water partition coefficient (Wildman–Crippen LogP) is 4.17. The first-order valence-electron chi connectivity index (χ1n) is 5.44. The third-order valence-corrected chi connectivity index (χ3v) is 5.89. The van der Waals surface area contributed by atoms with Crippen LogP contribution in [-0.4, -0.2) is 8.42 Å². The molecule has 1 aromatic carbocycles. The van der Waals surface area contributed by atoms with Crippen LogP contribution in [0.1, 0.15) is 19.4 Å². The minimum absolute atomic E-state index is 0.137. The van der Waals surface area contributed by atoms with Gasteiger partial charge in [0.1, 0.15) is 10.0 Å². The Hall–Kier alpha value is -0.650. The highest BCUT2D eigenvalue weighted by Crippen LogP contribution is 2.38. The Labute approximate surface area is 114 Å². The van der Waals surface area contributed by atoms with E-state index in [0.29, 0.717) is 17.4 Å². The topological polar surface area (TPSA) is 34.1 Å². The lowest BCUT2D eigenvalue weighted by Crippen LogP contribution is -1.98. The first-order valence-corrected chi connectivity index (χ1v) is 8.57. The van der Waals surface area contributed by atoms with Crippen LogP contribution < -0.4 is 0 Å². The molecule has 1 aromatic heterocycles. The van der Waals surface area contributed by atoms with Gasteiger partial charge in [-0.3, -0.25) is 0 Å². The first-order chi connectivity index (χ1) is 8.29. The van der Waals surface area contributed by atoms with Crippen molar-refractivity contribution in [1.82, 2.24) is 0 Å². The van der Waals surface area contributed by atoms with Crippen LogP contribution in [0.4, 0.5) is 4.39 Å². The Kier molecular flexibility index (Phi) is 3.67. The zero-order valence-electron chi connectivity index (χ0n) is 9.91. The lowest BCUT2D eigenvalue weighted by atomic mass is 10.0. The van der Waals surface area contributed by atoms with Crippen molar-refractivity contribution in [3.05, 3.63) is 29.6 Å². The van der Waals surface area contributed by atoms with Gasteiger partial charge in [0.15, 0.2) is 0 Å². The molecule has 0 aliphatic heterocycles. The van der Waals surface area contributed by atoms with E-state index in [9.17, 15) is 12.8 Å². The van der Waals surface area contributed by atoms with Crippen molar-refractivity contribution in [2.75, 3.05) is 0 Å². The zero-order chi connectivity index (χ0) is 13.5. The van der Waals surface area contributed by atoms with Gasteiger partial charge in [0.25, 0.3) is 9.05 Å². The summed E-state index contributed by atoms with van der Waals surface area (Å²) in [5, 5.41) is 0.646. The quantitative estimate of drug-likeness (QED) is 0.798. The van der Waals surface area contributed by atoms with E-state index in [1.54, 1.807) is 6.07 Å². The van der Waals surface area contributed by atoms with E-state index in [1.165, 1.54) is 12.1 Å². The van der Waals surface area contributed by atoms with Crippen LogP contribution >= 0.6 is 22.0 Å². The van der Waals surface area contributed by atoms with Crippen LogP contribution in [-0.2, 0) is 15.5 Å². The third kappa shape index (κ3) is 2.68. The summed E-state index contributed by atoms with van der Waals surface area (Å²) in [6.45, 7) is 3.96. The maximum absolute atomic E-state index is 13.3. The largest absolute Gasteiger partial charge is 0.271 e. The lowest BCUT2D eigenvalue weighted by Gasteiger charge is -2.05. The van der Waals surface area contributed by atoms with Gasteiger partial charge in [0.05, 0.1) is 0 Å². The second kappa shape index (κ2) is 4.79. The van der Waals surface area contributed by atoms with Crippen LogP contribution in [0.15, 0.2) is 22.4 Å². The molecule has 0 unspecified atom stereocenters. The number of benzene rings is 1. The summed E-state index contributed by atoms with van der Waals surface area (Å²) in [5.41, 5.74) is 0.625. The summed E-state index contributed by atoms with van der Waals surface area (Å²) in [6.07, 6.45) is 0.560. The average Bonchev–Trinajstić information content (AvgIpc) is 2.56. The summed E-state index contributed by atoms with van der Waals surface area (Å²) in [4.78, 5) is 0. The molecule has 0 spiro atoms. The fourth-order valence-corrected chi connectivity index (χ4v) is 4.56. The van der Waals surface area contributed by atoms with Gasteiger partial charge in [-0.25, -0.2) is 12.8 Å². The number of hydrogen-bond donors (Lipinski definition) is 0. The molecule has 18 heavy (non-hydrogen) atoms. The van der Waals surface area contributed by atoms with Crippen LogP contribution in [0.3, 0.4) is 0 Å². The molecule has 98 valence electrons. The SMILES string of the molecule is CC(C)Cc1c(S(=O)(=O)Cl)sc2ccc(F)cc12. The molecule has 0 saturated heterocycles. The monoisotopic (exact) mass is 306 g/mol. The van der Waals surface area contributed by atoms with E-state index in [0.717, 1.165) is 16.0 Å². The zero-order valence-corrected chi connectivity index (χ0v) is 12.3. The van der Waals surface area contributed by atoms with Gasteiger partial charge in [-0.15, -0.1) is 11.3 Å². The van der Waals surface area contributed by atoms with Gasteiger partial charge < -0.3 is 0 Å². The summed E-state index contributed by atoms with van der Waals surface area (Å²) in [7, 11) is 1.66. The van der Waals surface area contributed by atoms with Crippen molar-refractivity contribution in [3.63, 3.8) is 0 Å². The van der Waals surface area contributed by atoms with E-state index < -0.39 is 9.05 Å². The number of halogens is 2. The van der Waals surface area contributed by atoms with Crippen molar-refractivity contribution in [1.29, 1.82) is 0 Å². The van der Waals surface area contributed by atoms with E-state index >= 15 is 0 Å². The van der Waals surface area contributed by atoms with Gasteiger partial charge in [0.2, 0.25) is 0 Å². The molecule has 0 aliphatic carbocycles. The van der Waals surface area contributed by atoms with Crippen LogP contribution in [0.2, 0.25) is 0 Å². The van der Waals surface area contributed by atoms with Crippen LogP contribution in [0.5, 0.6) is 0 Å². The lowest BCUT2D eigenvalue weighted by molar-refractivity contribution is 0.606. The summed E-state index contributed by atoms with van der Waals surface area (Å²) >= 11 is 1.09. The molecule has 0 saturated carbocycles. The Balaban J connectivity index is 2.77. The molecule has 2 rings (SSSR count). The van der Waals surface area contributed by atoms with Crippen molar-refractivity contribution in [2.45, 2.75) is 24.5 Å². The highest BCUT2D eigenvalue weighted by atomic mass is 35.7. The maximum Gasteiger partial charge on any atom is 0.271 e. The van der Waals surface area contributed by atoms with Gasteiger partial charge in [0, 0.05) is 15.4 Å². The molecule has 0 atom stereocenters. The van der Waals surface area contributed by atoms with E-state index in [1.807, 2.05) is 13.8 Å². The van der Waals surface area contributed by atoms with Gasteiger partial charge in [-0.05, 0) is 41.5 Å². The highest BCUT2D eigenvalue weighted by Gasteiger charge is 2.22. The number of fused-ring (bicyclic) bond motifs is 1. The normalized spacial score (nSPS) is 12.5. The third-order valence-electron chi connectivity index (χ3n) is 2.55. The minimum Gasteiger partial charge on any atom is -0.207 e. The molecule has 1 heterocycles. The second-order valence-corrected chi connectivity index (χ2v) is 8.36. The highest BCUT2D eigenvalue weighted by molar-refractivity contribution is 8.15.